The Balaban J connectivity index is 2.42. The number of anilines is 2. The van der Waals surface area contributed by atoms with Gasteiger partial charge in [0.25, 0.3) is 0 Å². The highest BCUT2D eigenvalue weighted by Gasteiger charge is 2.11. The van der Waals surface area contributed by atoms with Gasteiger partial charge in [-0.1, -0.05) is 19.1 Å². The largest absolute Gasteiger partial charge is 0.389 e. The summed E-state index contributed by atoms with van der Waals surface area (Å²) >= 11 is 5.05. The zero-order valence-electron chi connectivity index (χ0n) is 11.3. The van der Waals surface area contributed by atoms with Gasteiger partial charge in [-0.25, -0.2) is 4.98 Å². The van der Waals surface area contributed by atoms with Crippen LogP contribution >= 0.6 is 12.2 Å². The Labute approximate surface area is 117 Å². The molecule has 2 aromatic rings. The van der Waals surface area contributed by atoms with Crippen LogP contribution in [0.5, 0.6) is 0 Å². The first-order chi connectivity index (χ1) is 9.01. The van der Waals surface area contributed by atoms with Gasteiger partial charge in [0.05, 0.1) is 16.9 Å². The number of aromatic nitrogens is 3. The molecule has 0 fully saturated rings. The molecule has 0 radical (unpaired) electrons. The molecule has 0 aliphatic heterocycles. The van der Waals surface area contributed by atoms with Crippen LogP contribution in [0.25, 0.3) is 0 Å². The minimum atomic E-state index is 0.330. The third-order valence-corrected chi connectivity index (χ3v) is 3.01. The average Bonchev–Trinajstić information content (AvgIpc) is 2.69. The molecular weight excluding hydrogens is 258 g/mol. The van der Waals surface area contributed by atoms with Gasteiger partial charge in [0.2, 0.25) is 0 Å². The molecule has 0 unspecified atom stereocenters. The Morgan fingerprint density at radius 1 is 1.47 bits per heavy atom. The van der Waals surface area contributed by atoms with E-state index in [-0.39, 0.29) is 0 Å². The molecule has 2 rings (SSSR count). The van der Waals surface area contributed by atoms with Crippen molar-refractivity contribution in [3.05, 3.63) is 35.3 Å². The summed E-state index contributed by atoms with van der Waals surface area (Å²) in [6.45, 7) is 3.99. The molecule has 0 atom stereocenters. The normalized spacial score (nSPS) is 10.5. The molecule has 3 N–H and O–H groups in total. The van der Waals surface area contributed by atoms with Crippen molar-refractivity contribution in [1.82, 2.24) is 14.8 Å². The Morgan fingerprint density at radius 2 is 2.21 bits per heavy atom. The summed E-state index contributed by atoms with van der Waals surface area (Å²) in [6, 6.07) is 3.78. The van der Waals surface area contributed by atoms with Crippen molar-refractivity contribution in [2.45, 2.75) is 20.3 Å². The van der Waals surface area contributed by atoms with Crippen molar-refractivity contribution in [2.75, 3.05) is 5.32 Å². The van der Waals surface area contributed by atoms with E-state index in [4.69, 9.17) is 18.0 Å². The van der Waals surface area contributed by atoms with E-state index in [0.29, 0.717) is 10.8 Å². The number of nitrogens with two attached hydrogens (primary N) is 1. The summed E-state index contributed by atoms with van der Waals surface area (Å²) < 4.78 is 1.78. The van der Waals surface area contributed by atoms with Crippen LogP contribution in [0.4, 0.5) is 11.5 Å². The van der Waals surface area contributed by atoms with Crippen LogP contribution in [-0.2, 0) is 13.5 Å². The monoisotopic (exact) mass is 275 g/mol. The van der Waals surface area contributed by atoms with Crippen LogP contribution in [0.3, 0.4) is 0 Å². The number of aryl methyl sites for hydroxylation is 3. The van der Waals surface area contributed by atoms with Crippen LogP contribution in [0, 0.1) is 6.92 Å². The van der Waals surface area contributed by atoms with Gasteiger partial charge in [-0.2, -0.15) is 5.10 Å². The predicted molar refractivity (Wildman–Crippen MR) is 80.7 cm³/mol. The second-order valence-corrected chi connectivity index (χ2v) is 4.79. The Hall–Kier alpha value is -1.95. The highest BCUT2D eigenvalue weighted by atomic mass is 32.1. The number of rotatable bonds is 4. The van der Waals surface area contributed by atoms with Gasteiger partial charge < -0.3 is 11.1 Å². The second-order valence-electron chi connectivity index (χ2n) is 4.35. The molecule has 0 saturated heterocycles. The van der Waals surface area contributed by atoms with Gasteiger partial charge in [-0.15, -0.1) is 0 Å². The quantitative estimate of drug-likeness (QED) is 0.836. The summed E-state index contributed by atoms with van der Waals surface area (Å²) in [6.07, 6.45) is 2.77. The molecular formula is C13H17N5S. The molecule has 19 heavy (non-hydrogen) atoms. The van der Waals surface area contributed by atoms with Crippen LogP contribution in [0.2, 0.25) is 0 Å². The van der Waals surface area contributed by atoms with Gasteiger partial charge in [0, 0.05) is 18.9 Å². The molecule has 0 amide bonds. The van der Waals surface area contributed by atoms with Crippen molar-refractivity contribution in [2.24, 2.45) is 12.8 Å². The lowest BCUT2D eigenvalue weighted by atomic mass is 10.2. The molecule has 0 aliphatic carbocycles. The zero-order valence-corrected chi connectivity index (χ0v) is 12.1. The lowest BCUT2D eigenvalue weighted by Crippen LogP contribution is -2.13. The lowest BCUT2D eigenvalue weighted by Gasteiger charge is -2.10. The predicted octanol–water partition coefficient (Wildman–Crippen LogP) is 2.06. The maximum atomic E-state index is 5.72. The summed E-state index contributed by atoms with van der Waals surface area (Å²) in [7, 11) is 1.89. The number of nitrogens with zero attached hydrogens (tertiary/aromatic N) is 3. The molecule has 6 heteroatoms. The minimum absolute atomic E-state index is 0.330. The molecule has 0 aromatic carbocycles. The Kier molecular flexibility index (Phi) is 3.80. The van der Waals surface area contributed by atoms with E-state index < -0.39 is 0 Å². The fourth-order valence-electron chi connectivity index (χ4n) is 1.88. The Bertz CT molecular complexity index is 617. The van der Waals surface area contributed by atoms with Gasteiger partial charge in [0.1, 0.15) is 10.8 Å². The van der Waals surface area contributed by atoms with Crippen LogP contribution in [0.15, 0.2) is 18.3 Å². The van der Waals surface area contributed by atoms with Crippen molar-refractivity contribution >= 4 is 28.7 Å². The van der Waals surface area contributed by atoms with Gasteiger partial charge in [-0.05, 0) is 25.5 Å². The number of hydrogen-bond donors (Lipinski definition) is 2. The molecule has 0 bridgehead atoms. The highest BCUT2D eigenvalue weighted by Crippen LogP contribution is 2.22. The molecule has 0 spiro atoms. The number of nitrogens with one attached hydrogen (secondary N) is 1. The van der Waals surface area contributed by atoms with E-state index in [1.165, 1.54) is 0 Å². The van der Waals surface area contributed by atoms with Crippen molar-refractivity contribution < 1.29 is 0 Å². The molecule has 0 saturated carbocycles. The van der Waals surface area contributed by atoms with E-state index in [1.54, 1.807) is 4.68 Å². The van der Waals surface area contributed by atoms with Gasteiger partial charge in [-0.3, -0.25) is 4.68 Å². The van der Waals surface area contributed by atoms with E-state index in [0.717, 1.165) is 29.1 Å². The first-order valence-corrected chi connectivity index (χ1v) is 6.49. The van der Waals surface area contributed by atoms with Crippen molar-refractivity contribution in [3.63, 3.8) is 0 Å². The van der Waals surface area contributed by atoms with Gasteiger partial charge >= 0.3 is 0 Å². The third-order valence-electron chi connectivity index (χ3n) is 2.79. The lowest BCUT2D eigenvalue weighted by molar-refractivity contribution is 0.746. The maximum Gasteiger partial charge on any atom is 0.140 e. The maximum absolute atomic E-state index is 5.72. The molecule has 5 nitrogen and oxygen atoms in total. The van der Waals surface area contributed by atoms with Crippen LogP contribution < -0.4 is 11.1 Å². The highest BCUT2D eigenvalue weighted by molar-refractivity contribution is 7.80. The standard InChI is InChI=1S/C13H17N5S/c1-4-10-11(7-18(3)17-10)16-13-9(12(14)19)6-5-8(2)15-13/h5-7H,4H2,1-3H3,(H2,14,19)(H,15,16). The molecule has 0 aliphatic rings. The zero-order chi connectivity index (χ0) is 14.0. The van der Waals surface area contributed by atoms with E-state index >= 15 is 0 Å². The summed E-state index contributed by atoms with van der Waals surface area (Å²) in [5, 5.41) is 7.66. The third kappa shape index (κ3) is 2.90. The average molecular weight is 275 g/mol. The number of thiocarbonyl (C=S) groups is 1. The number of pyridine rings is 1. The first kappa shape index (κ1) is 13.5. The van der Waals surface area contributed by atoms with Crippen LogP contribution in [0.1, 0.15) is 23.9 Å². The van der Waals surface area contributed by atoms with Crippen molar-refractivity contribution in [1.29, 1.82) is 0 Å². The number of hydrogen-bond acceptors (Lipinski definition) is 4. The fraction of sp³-hybridized carbons (Fsp3) is 0.308. The second kappa shape index (κ2) is 5.36. The first-order valence-electron chi connectivity index (χ1n) is 6.08. The fourth-order valence-corrected chi connectivity index (χ4v) is 2.04. The Morgan fingerprint density at radius 3 is 2.84 bits per heavy atom. The smallest absolute Gasteiger partial charge is 0.140 e. The van der Waals surface area contributed by atoms with Crippen molar-refractivity contribution in [3.8, 4) is 0 Å². The van der Waals surface area contributed by atoms with E-state index in [1.807, 2.05) is 32.3 Å². The summed E-state index contributed by atoms with van der Waals surface area (Å²) in [5.74, 6) is 0.676. The molecule has 2 heterocycles. The van der Waals surface area contributed by atoms with Gasteiger partial charge in [0.15, 0.2) is 0 Å². The van der Waals surface area contributed by atoms with E-state index in [9.17, 15) is 0 Å². The molecule has 2 aromatic heterocycles. The minimum Gasteiger partial charge on any atom is -0.389 e. The van der Waals surface area contributed by atoms with Crippen LogP contribution in [-0.4, -0.2) is 19.8 Å². The SMILES string of the molecule is CCc1nn(C)cc1Nc1nc(C)ccc1C(N)=S. The summed E-state index contributed by atoms with van der Waals surface area (Å²) in [5.41, 5.74) is 9.29. The molecule has 100 valence electrons. The summed E-state index contributed by atoms with van der Waals surface area (Å²) in [4.78, 5) is 4.79. The topological polar surface area (TPSA) is 68.8 Å². The van der Waals surface area contributed by atoms with E-state index in [2.05, 4.69) is 22.3 Å².